The zero-order valence-corrected chi connectivity index (χ0v) is 8.87. The van der Waals surface area contributed by atoms with Gasteiger partial charge in [-0.2, -0.15) is 0 Å². The summed E-state index contributed by atoms with van der Waals surface area (Å²) in [5, 5.41) is 14.2. The highest BCUT2D eigenvalue weighted by Gasteiger charge is 2.11. The SMILES string of the molecule is CCC(On1nc(OC)ccc1=O)C(=O)[O-]. The van der Waals surface area contributed by atoms with Crippen LogP contribution >= 0.6 is 0 Å². The van der Waals surface area contributed by atoms with Gasteiger partial charge in [0.05, 0.1) is 13.1 Å². The monoisotopic (exact) mass is 227 g/mol. The zero-order valence-electron chi connectivity index (χ0n) is 8.87. The molecular formula is C9H11N2O5-. The fourth-order valence-corrected chi connectivity index (χ4v) is 0.968. The van der Waals surface area contributed by atoms with Crippen molar-refractivity contribution in [2.24, 2.45) is 0 Å². The fourth-order valence-electron chi connectivity index (χ4n) is 0.968. The molecule has 1 heterocycles. The first-order valence-corrected chi connectivity index (χ1v) is 4.60. The molecule has 0 aliphatic carbocycles. The van der Waals surface area contributed by atoms with E-state index in [1.54, 1.807) is 6.92 Å². The van der Waals surface area contributed by atoms with Gasteiger partial charge in [0, 0.05) is 12.1 Å². The van der Waals surface area contributed by atoms with Crippen molar-refractivity contribution in [2.45, 2.75) is 19.4 Å². The Morgan fingerprint density at radius 3 is 2.81 bits per heavy atom. The number of aliphatic carboxylic acids is 1. The van der Waals surface area contributed by atoms with E-state index < -0.39 is 17.6 Å². The van der Waals surface area contributed by atoms with Crippen molar-refractivity contribution < 1.29 is 19.5 Å². The standard InChI is InChI=1S/C9H12N2O5/c1-3-6(9(13)14)16-11-8(12)5-4-7(10-11)15-2/h4-6H,3H2,1-2H3,(H,13,14)/p-1. The largest absolute Gasteiger partial charge is 0.546 e. The summed E-state index contributed by atoms with van der Waals surface area (Å²) in [4.78, 5) is 27.3. The number of hydrogen-bond acceptors (Lipinski definition) is 6. The summed E-state index contributed by atoms with van der Waals surface area (Å²) in [6, 6.07) is 2.51. The molecule has 0 aromatic carbocycles. The Morgan fingerprint density at radius 1 is 1.62 bits per heavy atom. The minimum Gasteiger partial charge on any atom is -0.546 e. The summed E-state index contributed by atoms with van der Waals surface area (Å²) in [5.74, 6) is -1.26. The van der Waals surface area contributed by atoms with Crippen molar-refractivity contribution in [2.75, 3.05) is 7.11 Å². The Balaban J connectivity index is 2.95. The molecule has 1 atom stereocenters. The van der Waals surface area contributed by atoms with Crippen LogP contribution in [0.25, 0.3) is 0 Å². The van der Waals surface area contributed by atoms with Crippen molar-refractivity contribution in [3.8, 4) is 5.88 Å². The highest BCUT2D eigenvalue weighted by molar-refractivity contribution is 5.69. The molecule has 16 heavy (non-hydrogen) atoms. The molecule has 1 rings (SSSR count). The molecule has 0 aliphatic rings. The molecule has 1 aromatic heterocycles. The molecule has 0 fully saturated rings. The minimum atomic E-state index is -1.40. The number of carbonyl (C=O) groups is 1. The van der Waals surface area contributed by atoms with E-state index in [-0.39, 0.29) is 12.3 Å². The molecule has 0 bridgehead atoms. The van der Waals surface area contributed by atoms with E-state index in [0.717, 1.165) is 6.07 Å². The third kappa shape index (κ3) is 2.72. The lowest BCUT2D eigenvalue weighted by molar-refractivity contribution is -0.317. The van der Waals surface area contributed by atoms with Gasteiger partial charge in [-0.3, -0.25) is 4.79 Å². The molecule has 88 valence electrons. The lowest BCUT2D eigenvalue weighted by Crippen LogP contribution is -2.45. The fraction of sp³-hybridized carbons (Fsp3) is 0.444. The molecule has 7 nitrogen and oxygen atoms in total. The minimum absolute atomic E-state index is 0.146. The van der Waals surface area contributed by atoms with E-state index in [1.807, 2.05) is 0 Å². The van der Waals surface area contributed by atoms with Gasteiger partial charge in [-0.15, -0.1) is 0 Å². The van der Waals surface area contributed by atoms with E-state index in [4.69, 9.17) is 9.57 Å². The highest BCUT2D eigenvalue weighted by atomic mass is 16.7. The lowest BCUT2D eigenvalue weighted by atomic mass is 10.3. The maximum atomic E-state index is 11.3. The van der Waals surface area contributed by atoms with Gasteiger partial charge in [-0.05, 0) is 6.42 Å². The van der Waals surface area contributed by atoms with Gasteiger partial charge >= 0.3 is 5.56 Å². The second-order valence-electron chi connectivity index (χ2n) is 2.91. The molecule has 1 unspecified atom stereocenters. The molecule has 0 aliphatic heterocycles. The molecule has 1 aromatic rings. The number of carbonyl (C=O) groups excluding carboxylic acids is 1. The Bertz CT molecular complexity index is 428. The van der Waals surface area contributed by atoms with Crippen molar-refractivity contribution >= 4 is 5.97 Å². The van der Waals surface area contributed by atoms with Crippen LogP contribution in [0.1, 0.15) is 13.3 Å². The van der Waals surface area contributed by atoms with Gasteiger partial charge in [0.15, 0.2) is 6.10 Å². The predicted molar refractivity (Wildman–Crippen MR) is 50.7 cm³/mol. The van der Waals surface area contributed by atoms with Crippen LogP contribution in [0.15, 0.2) is 16.9 Å². The van der Waals surface area contributed by atoms with Crippen molar-refractivity contribution in [3.63, 3.8) is 0 Å². The summed E-state index contributed by atoms with van der Waals surface area (Å²) >= 11 is 0. The Kier molecular flexibility index (Phi) is 3.87. The highest BCUT2D eigenvalue weighted by Crippen LogP contribution is 1.99. The number of methoxy groups -OCH3 is 1. The second kappa shape index (κ2) is 5.15. The van der Waals surface area contributed by atoms with Gasteiger partial charge < -0.3 is 19.5 Å². The first-order chi connectivity index (χ1) is 7.58. The van der Waals surface area contributed by atoms with E-state index in [2.05, 4.69) is 5.10 Å². The number of ether oxygens (including phenoxy) is 1. The number of nitrogens with zero attached hydrogens (tertiary/aromatic N) is 2. The zero-order chi connectivity index (χ0) is 12.1. The summed E-state index contributed by atoms with van der Waals surface area (Å²) in [7, 11) is 1.37. The summed E-state index contributed by atoms with van der Waals surface area (Å²) in [5.41, 5.74) is -0.583. The summed E-state index contributed by atoms with van der Waals surface area (Å²) in [6.07, 6.45) is -1.06. The average Bonchev–Trinajstić information content (AvgIpc) is 2.27. The third-order valence-electron chi connectivity index (χ3n) is 1.82. The average molecular weight is 227 g/mol. The van der Waals surface area contributed by atoms with Crippen LogP contribution in [0.3, 0.4) is 0 Å². The Morgan fingerprint density at radius 2 is 2.31 bits per heavy atom. The van der Waals surface area contributed by atoms with Crippen molar-refractivity contribution in [3.05, 3.63) is 22.5 Å². The normalized spacial score (nSPS) is 11.9. The van der Waals surface area contributed by atoms with E-state index in [0.29, 0.717) is 4.85 Å². The molecule has 0 N–H and O–H groups in total. The maximum Gasteiger partial charge on any atom is 0.303 e. The molecule has 7 heteroatoms. The van der Waals surface area contributed by atoms with Crippen LogP contribution in [0.2, 0.25) is 0 Å². The third-order valence-corrected chi connectivity index (χ3v) is 1.82. The number of aromatic nitrogens is 2. The van der Waals surface area contributed by atoms with Crippen molar-refractivity contribution in [1.29, 1.82) is 0 Å². The molecule has 0 radical (unpaired) electrons. The van der Waals surface area contributed by atoms with Crippen LogP contribution in [0.5, 0.6) is 5.88 Å². The topological polar surface area (TPSA) is 93.5 Å². The van der Waals surface area contributed by atoms with Crippen LogP contribution in [-0.2, 0) is 4.79 Å². The van der Waals surface area contributed by atoms with Gasteiger partial charge in [0.25, 0.3) is 0 Å². The number of hydrogen-bond donors (Lipinski definition) is 0. The Labute approximate surface area is 91.2 Å². The second-order valence-corrected chi connectivity index (χ2v) is 2.91. The van der Waals surface area contributed by atoms with Gasteiger partial charge in [-0.25, -0.2) is 0 Å². The van der Waals surface area contributed by atoms with Gasteiger partial charge in [0.1, 0.15) is 0 Å². The van der Waals surface area contributed by atoms with Crippen LogP contribution in [0, 0.1) is 0 Å². The maximum absolute atomic E-state index is 11.3. The van der Waals surface area contributed by atoms with Gasteiger partial charge in [0.2, 0.25) is 5.88 Å². The first-order valence-electron chi connectivity index (χ1n) is 4.60. The summed E-state index contributed by atoms with van der Waals surface area (Å²) < 4.78 is 4.77. The molecular weight excluding hydrogens is 216 g/mol. The quantitative estimate of drug-likeness (QED) is 0.589. The van der Waals surface area contributed by atoms with Crippen LogP contribution in [0.4, 0.5) is 0 Å². The number of carboxylic acid groups (broad SMARTS) is 1. The molecule has 0 amide bonds. The van der Waals surface area contributed by atoms with Crippen molar-refractivity contribution in [1.82, 2.24) is 9.94 Å². The summed E-state index contributed by atoms with van der Waals surface area (Å²) in [6.45, 7) is 1.59. The smallest absolute Gasteiger partial charge is 0.303 e. The number of carboxylic acids is 1. The van der Waals surface area contributed by atoms with E-state index in [9.17, 15) is 14.7 Å². The van der Waals surface area contributed by atoms with Crippen LogP contribution in [-0.4, -0.2) is 29.1 Å². The van der Waals surface area contributed by atoms with E-state index >= 15 is 0 Å². The van der Waals surface area contributed by atoms with E-state index in [1.165, 1.54) is 13.2 Å². The molecule has 0 saturated carbocycles. The Hall–Kier alpha value is -2.05. The van der Waals surface area contributed by atoms with Crippen LogP contribution < -0.4 is 20.2 Å². The lowest BCUT2D eigenvalue weighted by Gasteiger charge is -2.17. The van der Waals surface area contributed by atoms with Gasteiger partial charge in [-0.1, -0.05) is 16.9 Å². The molecule has 0 saturated heterocycles. The first kappa shape index (κ1) is 12.0. The molecule has 0 spiro atoms. The number of rotatable bonds is 5. The predicted octanol–water partition coefficient (Wildman–Crippen LogP) is -1.79.